The van der Waals surface area contributed by atoms with Crippen LogP contribution in [0.3, 0.4) is 0 Å². The van der Waals surface area contributed by atoms with Crippen LogP contribution in [0.15, 0.2) is 41.6 Å². The number of rotatable bonds is 6. The number of benzene rings is 1. The number of anilines is 1. The molecule has 0 atom stereocenters. The van der Waals surface area contributed by atoms with Crippen molar-refractivity contribution in [1.82, 2.24) is 9.78 Å². The van der Waals surface area contributed by atoms with Crippen LogP contribution < -0.4 is 4.72 Å². The minimum absolute atomic E-state index is 0.0708. The fourth-order valence-electron chi connectivity index (χ4n) is 1.55. The normalized spacial score (nSPS) is 11.3. The first-order valence-corrected chi connectivity index (χ1v) is 7.38. The molecule has 2 N–H and O–H groups in total. The Labute approximate surface area is 120 Å². The summed E-state index contributed by atoms with van der Waals surface area (Å²) in [5.41, 5.74) is 0.217. The third kappa shape index (κ3) is 4.02. The number of carboxylic acids is 1. The van der Waals surface area contributed by atoms with Gasteiger partial charge in [-0.25, -0.2) is 12.8 Å². The first-order valence-electron chi connectivity index (χ1n) is 5.89. The van der Waals surface area contributed by atoms with Gasteiger partial charge in [-0.05, 0) is 24.3 Å². The highest BCUT2D eigenvalue weighted by atomic mass is 32.2. The van der Waals surface area contributed by atoms with E-state index in [1.165, 1.54) is 23.0 Å². The second-order valence-electron chi connectivity index (χ2n) is 4.20. The van der Waals surface area contributed by atoms with Crippen molar-refractivity contribution in [2.45, 2.75) is 17.9 Å². The molecule has 112 valence electrons. The quantitative estimate of drug-likeness (QED) is 0.837. The van der Waals surface area contributed by atoms with Gasteiger partial charge in [0, 0.05) is 11.9 Å². The van der Waals surface area contributed by atoms with Gasteiger partial charge in [0.25, 0.3) is 10.0 Å². The minimum atomic E-state index is -3.85. The van der Waals surface area contributed by atoms with E-state index in [0.717, 1.165) is 18.3 Å². The molecule has 1 aromatic carbocycles. The molecule has 21 heavy (non-hydrogen) atoms. The van der Waals surface area contributed by atoms with Crippen LogP contribution >= 0.6 is 0 Å². The van der Waals surface area contributed by atoms with Crippen LogP contribution in [0.2, 0.25) is 0 Å². The van der Waals surface area contributed by atoms with Crippen molar-refractivity contribution < 1.29 is 22.7 Å². The molecule has 0 saturated carbocycles. The number of hydrogen-bond acceptors (Lipinski definition) is 4. The van der Waals surface area contributed by atoms with Crippen LogP contribution in [-0.4, -0.2) is 29.3 Å². The third-order valence-electron chi connectivity index (χ3n) is 2.57. The van der Waals surface area contributed by atoms with Gasteiger partial charge in [0.15, 0.2) is 0 Å². The zero-order valence-corrected chi connectivity index (χ0v) is 11.5. The number of aryl methyl sites for hydroxylation is 1. The SMILES string of the molecule is O=C(O)CCn1cc(S(=O)(=O)Nc2ccc(F)cc2)cn1. The van der Waals surface area contributed by atoms with Crippen LogP contribution in [-0.2, 0) is 21.4 Å². The van der Waals surface area contributed by atoms with Crippen LogP contribution in [0.4, 0.5) is 10.1 Å². The summed E-state index contributed by atoms with van der Waals surface area (Å²) in [4.78, 5) is 10.3. The summed E-state index contributed by atoms with van der Waals surface area (Å²) >= 11 is 0. The summed E-state index contributed by atoms with van der Waals surface area (Å²) in [6.45, 7) is 0.0708. The monoisotopic (exact) mass is 313 g/mol. The van der Waals surface area contributed by atoms with Gasteiger partial charge in [0.05, 0.1) is 19.2 Å². The predicted octanol–water partition coefficient (Wildman–Crippen LogP) is 1.30. The van der Waals surface area contributed by atoms with Crippen LogP contribution in [0.1, 0.15) is 6.42 Å². The summed E-state index contributed by atoms with van der Waals surface area (Å²) in [7, 11) is -3.85. The highest BCUT2D eigenvalue weighted by Gasteiger charge is 2.17. The number of halogens is 1. The number of nitrogens with one attached hydrogen (secondary N) is 1. The average Bonchev–Trinajstić information content (AvgIpc) is 2.88. The molecule has 0 fully saturated rings. The lowest BCUT2D eigenvalue weighted by atomic mass is 10.3. The molecule has 0 radical (unpaired) electrons. The molecule has 0 saturated heterocycles. The fourth-order valence-corrected chi connectivity index (χ4v) is 2.56. The van der Waals surface area contributed by atoms with E-state index in [2.05, 4.69) is 9.82 Å². The highest BCUT2D eigenvalue weighted by Crippen LogP contribution is 2.15. The summed E-state index contributed by atoms with van der Waals surface area (Å²) in [5, 5.41) is 12.3. The Morgan fingerprint density at radius 2 is 2.00 bits per heavy atom. The van der Waals surface area contributed by atoms with Gasteiger partial charge in [-0.15, -0.1) is 0 Å². The molecule has 7 nitrogen and oxygen atoms in total. The van der Waals surface area contributed by atoms with Gasteiger partial charge in [-0.1, -0.05) is 0 Å². The Hall–Kier alpha value is -2.42. The van der Waals surface area contributed by atoms with E-state index in [0.29, 0.717) is 0 Å². The molecule has 0 aliphatic rings. The smallest absolute Gasteiger partial charge is 0.305 e. The highest BCUT2D eigenvalue weighted by molar-refractivity contribution is 7.92. The predicted molar refractivity (Wildman–Crippen MR) is 71.7 cm³/mol. The van der Waals surface area contributed by atoms with E-state index in [4.69, 9.17) is 5.11 Å². The Balaban J connectivity index is 2.12. The number of carbonyl (C=O) groups is 1. The van der Waals surface area contributed by atoms with E-state index < -0.39 is 21.8 Å². The lowest BCUT2D eigenvalue weighted by molar-refractivity contribution is -0.137. The molecule has 0 aliphatic carbocycles. The zero-order valence-electron chi connectivity index (χ0n) is 10.7. The molecule has 0 unspecified atom stereocenters. The molecular weight excluding hydrogens is 301 g/mol. The molecule has 9 heteroatoms. The van der Waals surface area contributed by atoms with E-state index in [9.17, 15) is 17.6 Å². The second kappa shape index (κ2) is 5.92. The van der Waals surface area contributed by atoms with E-state index >= 15 is 0 Å². The van der Waals surface area contributed by atoms with Crippen molar-refractivity contribution in [1.29, 1.82) is 0 Å². The molecule has 1 heterocycles. The maximum Gasteiger partial charge on any atom is 0.305 e. The Kier molecular flexibility index (Phi) is 4.22. The lowest BCUT2D eigenvalue weighted by Crippen LogP contribution is -2.12. The summed E-state index contributed by atoms with van der Waals surface area (Å²) in [6, 6.07) is 4.85. The van der Waals surface area contributed by atoms with E-state index in [-0.39, 0.29) is 23.5 Å². The van der Waals surface area contributed by atoms with Crippen molar-refractivity contribution in [3.05, 3.63) is 42.5 Å². The first-order chi connectivity index (χ1) is 9.87. The summed E-state index contributed by atoms with van der Waals surface area (Å²) in [5.74, 6) is -1.47. The van der Waals surface area contributed by atoms with E-state index in [1.807, 2.05) is 0 Å². The fraction of sp³-hybridized carbons (Fsp3) is 0.167. The number of carboxylic acid groups (broad SMARTS) is 1. The van der Waals surface area contributed by atoms with Crippen LogP contribution in [0.25, 0.3) is 0 Å². The molecule has 1 aromatic heterocycles. The number of hydrogen-bond donors (Lipinski definition) is 2. The number of aliphatic carboxylic acids is 1. The minimum Gasteiger partial charge on any atom is -0.481 e. The summed E-state index contributed by atoms with van der Waals surface area (Å²) < 4.78 is 40.4. The number of nitrogens with zero attached hydrogens (tertiary/aromatic N) is 2. The van der Waals surface area contributed by atoms with Crippen molar-refractivity contribution in [3.8, 4) is 0 Å². The number of sulfonamides is 1. The maximum absolute atomic E-state index is 12.8. The number of aromatic nitrogens is 2. The van der Waals surface area contributed by atoms with Gasteiger partial charge in [-0.3, -0.25) is 14.2 Å². The molecule has 2 aromatic rings. The summed E-state index contributed by atoms with van der Waals surface area (Å²) in [6.07, 6.45) is 2.19. The maximum atomic E-state index is 12.8. The third-order valence-corrected chi connectivity index (χ3v) is 3.91. The van der Waals surface area contributed by atoms with Crippen LogP contribution in [0.5, 0.6) is 0 Å². The van der Waals surface area contributed by atoms with Crippen LogP contribution in [0, 0.1) is 5.82 Å². The molecule has 0 spiro atoms. The van der Waals surface area contributed by atoms with Crippen molar-refractivity contribution in [3.63, 3.8) is 0 Å². The van der Waals surface area contributed by atoms with Gasteiger partial charge in [-0.2, -0.15) is 5.10 Å². The van der Waals surface area contributed by atoms with Gasteiger partial charge in [0.2, 0.25) is 0 Å². The standard InChI is InChI=1S/C12H12FN3O4S/c13-9-1-3-10(4-2-9)15-21(19,20)11-7-14-16(8-11)6-5-12(17)18/h1-4,7-8,15H,5-6H2,(H,17,18). The Bertz CT molecular complexity index is 740. The van der Waals surface area contributed by atoms with Crippen molar-refractivity contribution in [2.75, 3.05) is 4.72 Å². The first kappa shape index (κ1) is 15.0. The largest absolute Gasteiger partial charge is 0.481 e. The zero-order chi connectivity index (χ0) is 15.5. The molecule has 2 rings (SSSR count). The van der Waals surface area contributed by atoms with Crippen molar-refractivity contribution >= 4 is 21.7 Å². The van der Waals surface area contributed by atoms with E-state index in [1.54, 1.807) is 0 Å². The Morgan fingerprint density at radius 3 is 2.62 bits per heavy atom. The van der Waals surface area contributed by atoms with Gasteiger partial charge >= 0.3 is 5.97 Å². The molecule has 0 aliphatic heterocycles. The lowest BCUT2D eigenvalue weighted by Gasteiger charge is -2.05. The molecular formula is C12H12FN3O4S. The van der Waals surface area contributed by atoms with Crippen molar-refractivity contribution in [2.24, 2.45) is 0 Å². The van der Waals surface area contributed by atoms with Gasteiger partial charge < -0.3 is 5.11 Å². The average molecular weight is 313 g/mol. The van der Waals surface area contributed by atoms with Gasteiger partial charge in [0.1, 0.15) is 10.7 Å². The second-order valence-corrected chi connectivity index (χ2v) is 5.88. The molecule has 0 bridgehead atoms. The molecule has 0 amide bonds. The topological polar surface area (TPSA) is 101 Å². The Morgan fingerprint density at radius 1 is 1.33 bits per heavy atom.